The van der Waals surface area contributed by atoms with E-state index in [2.05, 4.69) is 5.32 Å². The first-order chi connectivity index (χ1) is 12.8. The number of benzene rings is 2. The van der Waals surface area contributed by atoms with E-state index in [1.807, 2.05) is 63.2 Å². The Morgan fingerprint density at radius 3 is 2.44 bits per heavy atom. The molecular formula is C22H28N2O3. The lowest BCUT2D eigenvalue weighted by molar-refractivity contribution is -0.142. The summed E-state index contributed by atoms with van der Waals surface area (Å²) in [7, 11) is 1.57. The van der Waals surface area contributed by atoms with Gasteiger partial charge in [-0.1, -0.05) is 42.0 Å². The maximum Gasteiger partial charge on any atom is 0.261 e. The predicted molar refractivity (Wildman–Crippen MR) is 107 cm³/mol. The average Bonchev–Trinajstić information content (AvgIpc) is 2.65. The number of nitrogens with one attached hydrogen (secondary N) is 1. The summed E-state index contributed by atoms with van der Waals surface area (Å²) in [4.78, 5) is 26.6. The van der Waals surface area contributed by atoms with E-state index in [4.69, 9.17) is 4.74 Å². The van der Waals surface area contributed by atoms with Crippen molar-refractivity contribution in [2.45, 2.75) is 40.3 Å². The molecule has 27 heavy (non-hydrogen) atoms. The molecule has 5 heteroatoms. The third kappa shape index (κ3) is 5.58. The lowest BCUT2D eigenvalue weighted by Gasteiger charge is -2.28. The van der Waals surface area contributed by atoms with Crippen LogP contribution in [0.25, 0.3) is 0 Å². The van der Waals surface area contributed by atoms with Gasteiger partial charge >= 0.3 is 0 Å². The molecule has 0 saturated heterocycles. The van der Waals surface area contributed by atoms with Crippen molar-refractivity contribution in [1.29, 1.82) is 0 Å². The average molecular weight is 368 g/mol. The molecule has 0 radical (unpaired) electrons. The lowest BCUT2D eigenvalue weighted by atomic mass is 10.1. The van der Waals surface area contributed by atoms with Gasteiger partial charge in [-0.2, -0.15) is 0 Å². The van der Waals surface area contributed by atoms with Crippen molar-refractivity contribution in [2.75, 3.05) is 13.7 Å². The fraction of sp³-hybridized carbons (Fsp3) is 0.364. The molecule has 0 aromatic heterocycles. The molecule has 0 aliphatic heterocycles. The molecule has 1 N–H and O–H groups in total. The van der Waals surface area contributed by atoms with Crippen molar-refractivity contribution in [3.63, 3.8) is 0 Å². The van der Waals surface area contributed by atoms with E-state index in [1.165, 1.54) is 0 Å². The van der Waals surface area contributed by atoms with Gasteiger partial charge in [-0.15, -0.1) is 0 Å². The van der Waals surface area contributed by atoms with Crippen molar-refractivity contribution < 1.29 is 14.3 Å². The quantitative estimate of drug-likeness (QED) is 0.817. The summed E-state index contributed by atoms with van der Waals surface area (Å²) in [5.74, 6) is 0.253. The van der Waals surface area contributed by atoms with Crippen molar-refractivity contribution in [2.24, 2.45) is 0 Å². The highest BCUT2D eigenvalue weighted by Gasteiger charge is 2.26. The van der Waals surface area contributed by atoms with Crippen LogP contribution in [0.2, 0.25) is 0 Å². The van der Waals surface area contributed by atoms with E-state index in [0.717, 1.165) is 22.3 Å². The Morgan fingerprint density at radius 2 is 1.78 bits per heavy atom. The van der Waals surface area contributed by atoms with Crippen LogP contribution < -0.4 is 10.1 Å². The van der Waals surface area contributed by atoms with Gasteiger partial charge in [0.25, 0.3) is 5.91 Å². The molecule has 0 aliphatic rings. The van der Waals surface area contributed by atoms with Crippen LogP contribution in [0.4, 0.5) is 0 Å². The number of hydrogen-bond acceptors (Lipinski definition) is 3. The highest BCUT2D eigenvalue weighted by molar-refractivity contribution is 5.87. The molecule has 0 spiro atoms. The van der Waals surface area contributed by atoms with Gasteiger partial charge in [0.1, 0.15) is 11.8 Å². The van der Waals surface area contributed by atoms with Gasteiger partial charge in [0.15, 0.2) is 6.61 Å². The Labute approximate surface area is 161 Å². The number of nitrogens with zero attached hydrogens (tertiary/aromatic N) is 1. The minimum Gasteiger partial charge on any atom is -0.483 e. The van der Waals surface area contributed by atoms with Crippen molar-refractivity contribution >= 4 is 11.8 Å². The Morgan fingerprint density at radius 1 is 1.07 bits per heavy atom. The van der Waals surface area contributed by atoms with Crippen molar-refractivity contribution in [3.05, 3.63) is 64.7 Å². The Balaban J connectivity index is 2.17. The number of hydrogen-bond donors (Lipinski definition) is 1. The molecule has 0 heterocycles. The lowest BCUT2D eigenvalue weighted by Crippen LogP contribution is -2.48. The minimum absolute atomic E-state index is 0.114. The SMILES string of the molecule is CNC(=O)[C@@H](C)N(Cc1cccc(C)c1)C(=O)COc1cc(C)ccc1C. The van der Waals surface area contributed by atoms with Crippen LogP contribution in [-0.4, -0.2) is 36.4 Å². The summed E-state index contributed by atoms with van der Waals surface area (Å²) < 4.78 is 5.76. The molecule has 144 valence electrons. The summed E-state index contributed by atoms with van der Waals surface area (Å²) in [6, 6.07) is 13.2. The molecule has 5 nitrogen and oxygen atoms in total. The zero-order chi connectivity index (χ0) is 20.0. The van der Waals surface area contributed by atoms with Crippen LogP contribution in [0.3, 0.4) is 0 Å². The van der Waals surface area contributed by atoms with Gasteiger partial charge in [0, 0.05) is 13.6 Å². The molecule has 1 atom stereocenters. The van der Waals surface area contributed by atoms with Gasteiger partial charge in [0.2, 0.25) is 5.91 Å². The maximum atomic E-state index is 12.9. The second-order valence-electron chi connectivity index (χ2n) is 6.86. The summed E-state index contributed by atoms with van der Waals surface area (Å²) in [6.45, 7) is 7.89. The second-order valence-corrected chi connectivity index (χ2v) is 6.86. The van der Waals surface area contributed by atoms with E-state index >= 15 is 0 Å². The highest BCUT2D eigenvalue weighted by Crippen LogP contribution is 2.19. The highest BCUT2D eigenvalue weighted by atomic mass is 16.5. The number of rotatable bonds is 7. The number of likely N-dealkylation sites (N-methyl/N-ethyl adjacent to an activating group) is 1. The van der Waals surface area contributed by atoms with Crippen molar-refractivity contribution in [1.82, 2.24) is 10.2 Å². The molecular weight excluding hydrogens is 340 g/mol. The number of amides is 2. The van der Waals surface area contributed by atoms with Gasteiger partial charge in [-0.3, -0.25) is 9.59 Å². The molecule has 0 saturated carbocycles. The van der Waals surface area contributed by atoms with Gasteiger partial charge in [0.05, 0.1) is 0 Å². The monoisotopic (exact) mass is 368 g/mol. The Hall–Kier alpha value is -2.82. The zero-order valence-electron chi connectivity index (χ0n) is 16.7. The molecule has 0 fully saturated rings. The van der Waals surface area contributed by atoms with Crippen LogP contribution in [0.1, 0.15) is 29.2 Å². The number of carbonyl (C=O) groups excluding carboxylic acids is 2. The van der Waals surface area contributed by atoms with Crippen LogP contribution in [0.5, 0.6) is 5.75 Å². The first kappa shape index (κ1) is 20.5. The molecule has 2 aromatic carbocycles. The number of aryl methyl sites for hydroxylation is 3. The standard InChI is InChI=1S/C22H28N2O3/c1-15-7-6-8-19(11-15)13-24(18(4)22(26)23-5)21(25)14-27-20-12-16(2)9-10-17(20)3/h6-12,18H,13-14H2,1-5H3,(H,23,26)/t18-/m1/s1. The van der Waals surface area contributed by atoms with Crippen LogP contribution in [-0.2, 0) is 16.1 Å². The fourth-order valence-electron chi connectivity index (χ4n) is 2.88. The molecule has 0 aliphatic carbocycles. The topological polar surface area (TPSA) is 58.6 Å². The third-order valence-electron chi connectivity index (χ3n) is 4.54. The smallest absolute Gasteiger partial charge is 0.261 e. The Bertz CT molecular complexity index is 817. The van der Waals surface area contributed by atoms with E-state index in [-0.39, 0.29) is 18.4 Å². The van der Waals surface area contributed by atoms with Crippen molar-refractivity contribution in [3.8, 4) is 5.75 Å². The molecule has 0 unspecified atom stereocenters. The third-order valence-corrected chi connectivity index (χ3v) is 4.54. The first-order valence-corrected chi connectivity index (χ1v) is 9.08. The van der Waals surface area contributed by atoms with Gasteiger partial charge in [-0.25, -0.2) is 0 Å². The molecule has 2 amide bonds. The summed E-state index contributed by atoms with van der Waals surface area (Å²) in [6.07, 6.45) is 0. The zero-order valence-corrected chi connectivity index (χ0v) is 16.7. The second kappa shape index (κ2) is 9.21. The molecule has 2 rings (SSSR count). The van der Waals surface area contributed by atoms with E-state index < -0.39 is 6.04 Å². The van der Waals surface area contributed by atoms with E-state index in [0.29, 0.717) is 12.3 Å². The number of carbonyl (C=O) groups is 2. The van der Waals surface area contributed by atoms with Crippen LogP contribution >= 0.6 is 0 Å². The van der Waals surface area contributed by atoms with Crippen LogP contribution in [0, 0.1) is 20.8 Å². The van der Waals surface area contributed by atoms with Crippen LogP contribution in [0.15, 0.2) is 42.5 Å². The predicted octanol–water partition coefficient (Wildman–Crippen LogP) is 3.15. The van der Waals surface area contributed by atoms with E-state index in [1.54, 1.807) is 18.9 Å². The minimum atomic E-state index is -0.592. The summed E-state index contributed by atoms with van der Waals surface area (Å²) >= 11 is 0. The largest absolute Gasteiger partial charge is 0.483 e. The summed E-state index contributed by atoms with van der Waals surface area (Å²) in [5.41, 5.74) is 4.13. The van der Waals surface area contributed by atoms with E-state index in [9.17, 15) is 9.59 Å². The van der Waals surface area contributed by atoms with Gasteiger partial charge < -0.3 is 15.0 Å². The Kier molecular flexibility index (Phi) is 6.99. The first-order valence-electron chi connectivity index (χ1n) is 9.08. The number of ether oxygens (including phenoxy) is 1. The maximum absolute atomic E-state index is 12.9. The molecule has 0 bridgehead atoms. The fourth-order valence-corrected chi connectivity index (χ4v) is 2.88. The normalized spacial score (nSPS) is 11.6. The van der Waals surface area contributed by atoms with Gasteiger partial charge in [-0.05, 0) is 50.5 Å². The molecule has 2 aromatic rings. The summed E-state index contributed by atoms with van der Waals surface area (Å²) in [5, 5.41) is 2.61.